The Morgan fingerprint density at radius 1 is 1.50 bits per heavy atom. The number of hydrogen-bond acceptors (Lipinski definition) is 5. The fourth-order valence-electron chi connectivity index (χ4n) is 2.12. The van der Waals surface area contributed by atoms with Gasteiger partial charge in [-0.25, -0.2) is 4.98 Å². The van der Waals surface area contributed by atoms with Crippen LogP contribution in [0.4, 0.5) is 11.5 Å². The summed E-state index contributed by atoms with van der Waals surface area (Å²) >= 11 is 0. The van der Waals surface area contributed by atoms with Gasteiger partial charge in [0.2, 0.25) is 0 Å². The molecule has 1 aliphatic heterocycles. The largest absolute Gasteiger partial charge is 0.397 e. The lowest BCUT2D eigenvalue weighted by molar-refractivity contribution is 0.100. The third-order valence-corrected chi connectivity index (χ3v) is 3.27. The highest BCUT2D eigenvalue weighted by atomic mass is 16.1. The molecular formula is C12H19N5O. The Morgan fingerprint density at radius 3 is 2.78 bits per heavy atom. The van der Waals surface area contributed by atoms with Gasteiger partial charge in [0.1, 0.15) is 5.82 Å². The van der Waals surface area contributed by atoms with E-state index in [0.717, 1.165) is 25.9 Å². The van der Waals surface area contributed by atoms with Crippen molar-refractivity contribution in [3.05, 3.63) is 17.8 Å². The summed E-state index contributed by atoms with van der Waals surface area (Å²) < 4.78 is 0. The minimum absolute atomic E-state index is 0.316. The molecule has 18 heavy (non-hydrogen) atoms. The maximum atomic E-state index is 11.2. The third-order valence-electron chi connectivity index (χ3n) is 3.27. The van der Waals surface area contributed by atoms with Crippen molar-refractivity contribution in [1.29, 1.82) is 0 Å². The van der Waals surface area contributed by atoms with E-state index in [-0.39, 0.29) is 0 Å². The summed E-state index contributed by atoms with van der Waals surface area (Å²) in [4.78, 5) is 17.7. The first-order chi connectivity index (χ1) is 8.56. The molecule has 2 heterocycles. The monoisotopic (exact) mass is 249 g/mol. The number of nitrogens with one attached hydrogen (secondary N) is 1. The molecule has 5 N–H and O–H groups in total. The van der Waals surface area contributed by atoms with E-state index in [0.29, 0.717) is 23.1 Å². The number of nitrogens with two attached hydrogens (primary N) is 2. The van der Waals surface area contributed by atoms with E-state index in [1.165, 1.54) is 6.20 Å². The summed E-state index contributed by atoms with van der Waals surface area (Å²) in [5.41, 5.74) is 11.5. The first kappa shape index (κ1) is 12.6. The molecule has 1 aliphatic rings. The molecule has 0 radical (unpaired) electrons. The molecule has 6 nitrogen and oxygen atoms in total. The average Bonchev–Trinajstić information content (AvgIpc) is 2.34. The lowest BCUT2D eigenvalue weighted by atomic mass is 10.1. The number of rotatable bonds is 3. The summed E-state index contributed by atoms with van der Waals surface area (Å²) in [6.07, 6.45) is 3.60. The predicted molar refractivity (Wildman–Crippen MR) is 71.3 cm³/mol. The molecule has 1 fully saturated rings. The number of piperidine rings is 1. The van der Waals surface area contributed by atoms with Crippen LogP contribution < -0.4 is 16.8 Å². The number of carbonyl (C=O) groups excluding carboxylic acids is 1. The van der Waals surface area contributed by atoms with E-state index in [1.807, 2.05) is 0 Å². The van der Waals surface area contributed by atoms with Gasteiger partial charge in [0.25, 0.3) is 5.91 Å². The van der Waals surface area contributed by atoms with Crippen LogP contribution in [-0.4, -0.2) is 42.0 Å². The maximum Gasteiger partial charge on any atom is 0.250 e. The molecule has 0 bridgehead atoms. The fourth-order valence-corrected chi connectivity index (χ4v) is 2.12. The third kappa shape index (κ3) is 2.89. The van der Waals surface area contributed by atoms with Crippen molar-refractivity contribution in [3.8, 4) is 0 Å². The van der Waals surface area contributed by atoms with Crippen molar-refractivity contribution in [1.82, 2.24) is 9.88 Å². The smallest absolute Gasteiger partial charge is 0.250 e. The van der Waals surface area contributed by atoms with E-state index in [9.17, 15) is 4.79 Å². The molecule has 1 amide bonds. The van der Waals surface area contributed by atoms with Crippen LogP contribution in [0.1, 0.15) is 23.2 Å². The Kier molecular flexibility index (Phi) is 3.66. The summed E-state index contributed by atoms with van der Waals surface area (Å²) in [5, 5.41) is 3.32. The van der Waals surface area contributed by atoms with E-state index in [1.54, 1.807) is 6.07 Å². The Labute approximate surface area is 106 Å². The number of primary amides is 1. The topological polar surface area (TPSA) is 97.3 Å². The summed E-state index contributed by atoms with van der Waals surface area (Å²) in [6, 6.07) is 2.01. The van der Waals surface area contributed by atoms with Crippen LogP contribution in [0.3, 0.4) is 0 Å². The average molecular weight is 249 g/mol. The van der Waals surface area contributed by atoms with Crippen molar-refractivity contribution in [2.75, 3.05) is 31.2 Å². The van der Waals surface area contributed by atoms with Crippen LogP contribution in [0.5, 0.6) is 0 Å². The van der Waals surface area contributed by atoms with E-state index < -0.39 is 5.91 Å². The Hall–Kier alpha value is -1.82. The highest BCUT2D eigenvalue weighted by Gasteiger charge is 2.17. The zero-order chi connectivity index (χ0) is 13.1. The molecule has 6 heteroatoms. The number of anilines is 2. The Morgan fingerprint density at radius 2 is 2.17 bits per heavy atom. The number of likely N-dealkylation sites (tertiary alicyclic amines) is 1. The quantitative estimate of drug-likeness (QED) is 0.714. The van der Waals surface area contributed by atoms with Crippen LogP contribution in [0, 0.1) is 0 Å². The van der Waals surface area contributed by atoms with Gasteiger partial charge in [-0.05, 0) is 39.0 Å². The van der Waals surface area contributed by atoms with Crippen LogP contribution in [0.15, 0.2) is 12.3 Å². The molecule has 0 aromatic carbocycles. The van der Waals surface area contributed by atoms with Crippen LogP contribution in [0.2, 0.25) is 0 Å². The van der Waals surface area contributed by atoms with Gasteiger partial charge in [-0.15, -0.1) is 0 Å². The second-order valence-electron chi connectivity index (χ2n) is 4.74. The number of amides is 1. The van der Waals surface area contributed by atoms with Crippen LogP contribution >= 0.6 is 0 Å². The molecule has 0 unspecified atom stereocenters. The predicted octanol–water partition coefficient (Wildman–Crippen LogP) is 0.269. The molecule has 1 aromatic heterocycles. The van der Waals surface area contributed by atoms with E-state index in [4.69, 9.17) is 11.5 Å². The van der Waals surface area contributed by atoms with Crippen molar-refractivity contribution in [2.45, 2.75) is 18.9 Å². The number of pyridine rings is 1. The molecular weight excluding hydrogens is 230 g/mol. The molecule has 0 spiro atoms. The first-order valence-electron chi connectivity index (χ1n) is 6.06. The zero-order valence-corrected chi connectivity index (χ0v) is 10.5. The van der Waals surface area contributed by atoms with Gasteiger partial charge in [-0.2, -0.15) is 0 Å². The normalized spacial score (nSPS) is 17.6. The lowest BCUT2D eigenvalue weighted by Crippen LogP contribution is -2.36. The minimum Gasteiger partial charge on any atom is -0.397 e. The fraction of sp³-hybridized carbons (Fsp3) is 0.500. The number of nitrogens with zero attached hydrogens (tertiary/aromatic N) is 2. The molecule has 0 saturated carbocycles. The molecule has 0 aliphatic carbocycles. The minimum atomic E-state index is -0.527. The van der Waals surface area contributed by atoms with Gasteiger partial charge in [0.05, 0.1) is 17.4 Å². The van der Waals surface area contributed by atoms with Gasteiger partial charge in [0, 0.05) is 6.04 Å². The van der Waals surface area contributed by atoms with Crippen LogP contribution in [0.25, 0.3) is 0 Å². The zero-order valence-electron chi connectivity index (χ0n) is 10.5. The summed E-state index contributed by atoms with van der Waals surface area (Å²) in [7, 11) is 2.11. The van der Waals surface area contributed by atoms with Gasteiger partial charge in [0.15, 0.2) is 0 Å². The Bertz CT molecular complexity index is 440. The number of nitrogen functional groups attached to an aromatic ring is 1. The molecule has 1 aromatic rings. The van der Waals surface area contributed by atoms with Gasteiger partial charge in [-0.3, -0.25) is 4.79 Å². The molecule has 0 atom stereocenters. The van der Waals surface area contributed by atoms with Gasteiger partial charge < -0.3 is 21.7 Å². The van der Waals surface area contributed by atoms with E-state index in [2.05, 4.69) is 22.2 Å². The van der Waals surface area contributed by atoms with Gasteiger partial charge in [-0.1, -0.05) is 0 Å². The molecule has 98 valence electrons. The number of aromatic nitrogens is 1. The first-order valence-corrected chi connectivity index (χ1v) is 6.06. The van der Waals surface area contributed by atoms with Crippen molar-refractivity contribution < 1.29 is 4.79 Å². The lowest BCUT2D eigenvalue weighted by Gasteiger charge is -2.29. The number of carbonyl (C=O) groups is 1. The highest BCUT2D eigenvalue weighted by molar-refractivity contribution is 5.98. The maximum absolute atomic E-state index is 11.2. The number of hydrogen-bond donors (Lipinski definition) is 3. The van der Waals surface area contributed by atoms with Crippen LogP contribution in [-0.2, 0) is 0 Å². The Balaban J connectivity index is 2.05. The van der Waals surface area contributed by atoms with E-state index >= 15 is 0 Å². The van der Waals surface area contributed by atoms with Crippen molar-refractivity contribution in [3.63, 3.8) is 0 Å². The van der Waals surface area contributed by atoms with Gasteiger partial charge >= 0.3 is 0 Å². The summed E-state index contributed by atoms with van der Waals surface area (Å²) in [6.45, 7) is 2.13. The second kappa shape index (κ2) is 5.22. The summed E-state index contributed by atoms with van der Waals surface area (Å²) in [5.74, 6) is 0.133. The SMILES string of the molecule is CN1CCC(Nc2cc(C(N)=O)c(N)cn2)CC1. The second-order valence-corrected chi connectivity index (χ2v) is 4.74. The van der Waals surface area contributed by atoms with Crippen molar-refractivity contribution in [2.24, 2.45) is 5.73 Å². The molecule has 1 saturated heterocycles. The highest BCUT2D eigenvalue weighted by Crippen LogP contribution is 2.18. The molecule has 2 rings (SSSR count). The van der Waals surface area contributed by atoms with Crippen molar-refractivity contribution >= 4 is 17.4 Å². The standard InChI is InChI=1S/C12H19N5O/c1-17-4-2-8(3-5-17)16-11-6-9(12(14)18)10(13)7-15-11/h6-8H,2-5,13H2,1H3,(H2,14,18)(H,15,16).